The Bertz CT molecular complexity index is 7340. The molecule has 0 amide bonds. The molecule has 0 saturated heterocycles. The predicted octanol–water partition coefficient (Wildman–Crippen LogP) is 25.9. The van der Waals surface area contributed by atoms with Crippen LogP contribution in [0.4, 0.5) is 51.2 Å². The minimum atomic E-state index is -2.44. The van der Waals surface area contributed by atoms with Crippen LogP contribution in [0.1, 0.15) is 149 Å². The van der Waals surface area contributed by atoms with Crippen molar-refractivity contribution < 1.29 is 38.5 Å². The summed E-state index contributed by atoms with van der Waals surface area (Å²) in [6.45, 7) is 32.1. The smallest absolute Gasteiger partial charge is 0.227 e. The van der Waals surface area contributed by atoms with Gasteiger partial charge in [-0.2, -0.15) is 0 Å². The molecule has 0 N–H and O–H groups in total. The normalized spacial score (nSPS) is 19.7. The number of fused-ring (bicyclic) bond motifs is 17. The molecule has 5 aliphatic rings. The van der Waals surface area contributed by atoms with Gasteiger partial charge in [-0.25, -0.2) is 24.9 Å². The van der Waals surface area contributed by atoms with Crippen molar-refractivity contribution in [3.05, 3.63) is 263 Å². The largest absolute Gasteiger partial charge is 0.435 e. The van der Waals surface area contributed by atoms with Crippen LogP contribution in [0, 0.1) is 69.2 Å². The summed E-state index contributed by atoms with van der Waals surface area (Å²) >= 11 is 0. The van der Waals surface area contributed by atoms with E-state index >= 15 is 0 Å². The van der Waals surface area contributed by atoms with E-state index in [0.29, 0.717) is 39.8 Å². The number of anilines is 9. The van der Waals surface area contributed by atoms with Gasteiger partial charge in [-0.15, -0.1) is 0 Å². The monoisotopic (exact) mass is 1660 g/mol. The van der Waals surface area contributed by atoms with Gasteiger partial charge in [0.15, 0.2) is 27.9 Å². The Morgan fingerprint density at radius 1 is 0.290 bits per heavy atom. The lowest BCUT2D eigenvalue weighted by Gasteiger charge is -2.33. The molecule has 6 atom stereocenters. The van der Waals surface area contributed by atoms with Gasteiger partial charge in [-0.1, -0.05) is 84.9 Å². The van der Waals surface area contributed by atoms with Gasteiger partial charge in [0.2, 0.25) is 28.6 Å². The molecule has 0 bridgehead atoms. The standard InChI is InChI=1S/C24H25N3O.C22H21N3O.2C20H23N3O.C18H19N3O/c1-14(2)26-17(5)27(21-9-7-6-8-20(21)26)22-15(3)10-12-18-19-13-11-16(4)25-24(19)28-23(18)22;1-13-9-11-16-17-12-10-14(2)23-22(17)26-21(16)20(13)25-15(3)24(4)18-7-5-6-8-19(18)25;2*1-12(2)22-10-11-23(15(22)5)18-13(3)6-8-16-17-9-7-14(4)21-20(17)24-19(16)18;1-11-5-7-14-15-8-6-12(2)19-18(15)22-17(14)16(11)21-10-9-20(4)13(21)3/h6-14,17H,1-5H3;5-12,15H,1-4H3;2*6-12,15H,1-5H3;5-10,13H,1-4H3/t17-;3*15-;13-/m00000/s1/i14D;4D3;1D3,12D;12D;4D3/t2m;12?,15-;2m. The van der Waals surface area contributed by atoms with Crippen LogP contribution in [-0.2, 0) is 0 Å². The van der Waals surface area contributed by atoms with E-state index in [9.17, 15) is 0 Å². The van der Waals surface area contributed by atoms with Crippen LogP contribution in [-0.4, -0.2) is 102 Å². The lowest BCUT2D eigenvalue weighted by molar-refractivity contribution is 0.263. The Morgan fingerprint density at radius 3 is 0.911 bits per heavy atom. The van der Waals surface area contributed by atoms with Gasteiger partial charge in [0.25, 0.3) is 0 Å². The van der Waals surface area contributed by atoms with Crippen molar-refractivity contribution in [2.75, 3.05) is 48.3 Å². The summed E-state index contributed by atoms with van der Waals surface area (Å²) in [5, 5.41) is 10.0. The van der Waals surface area contributed by atoms with E-state index < -0.39 is 45.0 Å². The molecule has 0 radical (unpaired) electrons. The summed E-state index contributed by atoms with van der Waals surface area (Å²) in [6, 6.07) is 53.6. The molecule has 632 valence electrons. The number of rotatable bonds is 8. The lowest BCUT2D eigenvalue weighted by atomic mass is 10.1. The van der Waals surface area contributed by atoms with Gasteiger partial charge >= 0.3 is 0 Å². The molecule has 7 aromatic carbocycles. The van der Waals surface area contributed by atoms with Gasteiger partial charge in [0.05, 0.1) is 55.3 Å². The third-order valence-corrected chi connectivity index (χ3v) is 24.6. The van der Waals surface area contributed by atoms with E-state index in [4.69, 9.17) is 38.5 Å². The van der Waals surface area contributed by atoms with Crippen LogP contribution in [0.25, 0.3) is 110 Å². The molecular weight excluding hydrogens is 1540 g/mol. The Hall–Kier alpha value is -13.5. The average molecular weight is 1660 g/mol. The van der Waals surface area contributed by atoms with E-state index in [1.54, 1.807) is 23.5 Å². The fraction of sp³-hybridized carbons (Fsp3) is 0.298. The number of aromatic nitrogens is 5. The van der Waals surface area contributed by atoms with E-state index in [0.717, 1.165) is 178 Å². The number of furan rings is 5. The maximum atomic E-state index is 8.74. The number of benzene rings is 7. The number of aryl methyl sites for hydroxylation is 10. The van der Waals surface area contributed by atoms with Crippen LogP contribution in [0.5, 0.6) is 0 Å². The van der Waals surface area contributed by atoms with Crippen LogP contribution in [0.15, 0.2) is 229 Å². The SMILES string of the molecule is [2H]C(C)(C)N1C=CN(c2c(C)ccc3c2oc2nc(C)ccc23)[C@H]1C.[2H]C(C)(C)N1c2ccccc2N(c2c(C)ccc3c2oc2nc(C)ccc23)[C@H]1C.[2H]C([2H])([2H])C([2H])(C)N1C=CN(c2c(C)ccc3c2oc2nc(C)ccc23)[C@H]1C.[2H]C([2H])([2H])N1C=CN(c2c(C)ccc3c2oc2nc(C)ccc23)[C@H]1C.[2H]C([2H])([2H])N1c2ccccc2N(c2c(C)ccc3c2oc2nc(C)ccc23)[C@H]1C. The van der Waals surface area contributed by atoms with E-state index in [-0.39, 0.29) is 24.7 Å². The summed E-state index contributed by atoms with van der Waals surface area (Å²) in [5.41, 5.74) is 25.3. The third kappa shape index (κ3) is 13.8. The van der Waals surface area contributed by atoms with Crippen molar-refractivity contribution in [2.45, 2.75) is 194 Å². The van der Waals surface area contributed by atoms with Crippen molar-refractivity contribution in [3.8, 4) is 0 Å². The highest BCUT2D eigenvalue weighted by Crippen LogP contribution is 2.52. The van der Waals surface area contributed by atoms with E-state index in [2.05, 4.69) is 133 Å². The predicted molar refractivity (Wildman–Crippen MR) is 512 cm³/mol. The highest BCUT2D eigenvalue weighted by molar-refractivity contribution is 6.14. The summed E-state index contributed by atoms with van der Waals surface area (Å²) in [7, 11) is 0. The fourth-order valence-corrected chi connectivity index (χ4v) is 18.3. The number of para-hydroxylation sites is 4. The molecule has 20 nitrogen and oxygen atoms in total. The van der Waals surface area contributed by atoms with E-state index in [1.165, 1.54) is 16.7 Å². The molecule has 1 unspecified atom stereocenters. The van der Waals surface area contributed by atoms with Gasteiger partial charge in [0, 0.05) is 164 Å². The summed E-state index contributed by atoms with van der Waals surface area (Å²) in [5.74, 6) is 0. The van der Waals surface area contributed by atoms with Crippen LogP contribution >= 0.6 is 0 Å². The zero-order chi connectivity index (χ0) is 97.3. The van der Waals surface area contributed by atoms with Crippen molar-refractivity contribution >= 4 is 162 Å². The van der Waals surface area contributed by atoms with Crippen LogP contribution in [0.3, 0.4) is 0 Å². The second kappa shape index (κ2) is 31.8. The van der Waals surface area contributed by atoms with Crippen molar-refractivity contribution in [1.29, 1.82) is 0 Å². The number of hydrogen-bond donors (Lipinski definition) is 0. The molecule has 20 heteroatoms. The lowest BCUT2D eigenvalue weighted by Crippen LogP contribution is -2.42. The topological polar surface area (TPSA) is 163 Å². The average Bonchev–Trinajstić information content (AvgIpc) is 1.56. The molecule has 15 heterocycles. The molecule has 0 saturated carbocycles. The first kappa shape index (κ1) is 68.1. The number of hydrogen-bond acceptors (Lipinski definition) is 20. The molecular formula is C104H111N15O5. The second-order valence-corrected chi connectivity index (χ2v) is 33.5. The van der Waals surface area contributed by atoms with Gasteiger partial charge in [0.1, 0.15) is 30.8 Å². The quantitative estimate of drug-likeness (QED) is 0.141. The minimum Gasteiger partial charge on any atom is -0.435 e. The molecule has 17 aromatic rings. The minimum absolute atomic E-state index is 0.0212. The maximum absolute atomic E-state index is 8.74. The van der Waals surface area contributed by atoms with E-state index in [1.807, 2.05) is 246 Å². The third-order valence-electron chi connectivity index (χ3n) is 24.6. The molecule has 124 heavy (non-hydrogen) atoms. The van der Waals surface area contributed by atoms with Crippen molar-refractivity contribution in [3.63, 3.8) is 0 Å². The van der Waals surface area contributed by atoms with Gasteiger partial charge in [-0.05, 0) is 258 Å². The Morgan fingerprint density at radius 2 is 0.589 bits per heavy atom. The maximum Gasteiger partial charge on any atom is 0.227 e. The van der Waals surface area contributed by atoms with Crippen molar-refractivity contribution in [2.24, 2.45) is 0 Å². The molecule has 5 aliphatic heterocycles. The Balaban J connectivity index is 0.000000113. The highest BCUT2D eigenvalue weighted by atomic mass is 16.4. The number of pyridine rings is 5. The van der Waals surface area contributed by atoms with Crippen LogP contribution < -0.4 is 34.3 Å². The van der Waals surface area contributed by atoms with Crippen molar-refractivity contribution in [1.82, 2.24) is 39.6 Å². The summed E-state index contributed by atoms with van der Waals surface area (Å²) in [4.78, 5) is 41.7. The molecule has 10 aromatic heterocycles. The molecule has 0 fully saturated rings. The number of nitrogens with zero attached hydrogens (tertiary/aromatic N) is 15. The Labute approximate surface area is 742 Å². The summed E-state index contributed by atoms with van der Waals surface area (Å²) < 4.78 is 127. The first-order valence-electron chi connectivity index (χ1n) is 48.2. The van der Waals surface area contributed by atoms with Crippen LogP contribution in [0.2, 0.25) is 0 Å². The fourth-order valence-electron chi connectivity index (χ4n) is 18.3. The molecule has 0 aliphatic carbocycles. The molecule has 0 spiro atoms. The first-order valence-corrected chi connectivity index (χ1v) is 42.2. The Kier molecular flexibility index (Phi) is 17.4. The summed E-state index contributed by atoms with van der Waals surface area (Å²) in [6.07, 6.45) is 9.86. The second-order valence-electron chi connectivity index (χ2n) is 33.5. The highest BCUT2D eigenvalue weighted by Gasteiger charge is 2.39. The molecule has 22 rings (SSSR count). The zero-order valence-corrected chi connectivity index (χ0v) is 73.8. The first-order chi connectivity index (χ1) is 64.1. The zero-order valence-electron chi connectivity index (χ0n) is 85.8. The van der Waals surface area contributed by atoms with Gasteiger partial charge < -0.3 is 71.1 Å². The van der Waals surface area contributed by atoms with Gasteiger partial charge in [-0.3, -0.25) is 0 Å².